The molecule has 0 aliphatic carbocycles. The molecule has 0 amide bonds. The summed E-state index contributed by atoms with van der Waals surface area (Å²) < 4.78 is 22.6. The molecule has 1 aromatic carbocycles. The van der Waals surface area contributed by atoms with E-state index in [0.29, 0.717) is 11.3 Å². The molecule has 0 aliphatic rings. The third kappa shape index (κ3) is 2.25. The van der Waals surface area contributed by atoms with Crippen molar-refractivity contribution in [3.05, 3.63) is 41.8 Å². The Morgan fingerprint density at radius 2 is 2.07 bits per heavy atom. The fourth-order valence-electron chi connectivity index (χ4n) is 1.07. The van der Waals surface area contributed by atoms with E-state index >= 15 is 0 Å². The maximum Gasteiger partial charge on any atom is 0.228 e. The summed E-state index contributed by atoms with van der Waals surface area (Å²) in [6.45, 7) is 0.251. The van der Waals surface area contributed by atoms with E-state index in [1.54, 1.807) is 12.1 Å². The summed E-state index contributed by atoms with van der Waals surface area (Å²) in [5.74, 6) is 0.501. The van der Waals surface area contributed by atoms with E-state index in [-0.39, 0.29) is 18.3 Å². The predicted octanol–water partition coefficient (Wildman–Crippen LogP) is 1.97. The van der Waals surface area contributed by atoms with Gasteiger partial charge in [-0.3, -0.25) is 0 Å². The Hall–Kier alpha value is -2.04. The van der Waals surface area contributed by atoms with Crippen molar-refractivity contribution in [1.82, 2.24) is 5.16 Å². The normalized spacial score (nSPS) is 10.2. The molecule has 4 nitrogen and oxygen atoms in total. The van der Waals surface area contributed by atoms with Crippen LogP contribution in [0.1, 0.15) is 5.56 Å². The quantitative estimate of drug-likeness (QED) is 0.837. The highest BCUT2D eigenvalue weighted by Crippen LogP contribution is 2.16. The van der Waals surface area contributed by atoms with Crippen molar-refractivity contribution >= 4 is 5.88 Å². The summed E-state index contributed by atoms with van der Waals surface area (Å²) in [4.78, 5) is 0. The zero-order chi connectivity index (χ0) is 10.7. The first-order valence-electron chi connectivity index (χ1n) is 4.33. The number of anilines is 1. The zero-order valence-corrected chi connectivity index (χ0v) is 7.81. The number of hydrogen-bond acceptors (Lipinski definition) is 4. The van der Waals surface area contributed by atoms with Crippen LogP contribution in [0.5, 0.6) is 5.75 Å². The average Bonchev–Trinajstić information content (AvgIpc) is 2.63. The highest BCUT2D eigenvalue weighted by atomic mass is 19.1. The molecule has 0 unspecified atom stereocenters. The minimum atomic E-state index is -0.299. The van der Waals surface area contributed by atoms with Crippen LogP contribution < -0.4 is 10.5 Å². The maximum atomic E-state index is 12.6. The third-order valence-corrected chi connectivity index (χ3v) is 1.88. The van der Waals surface area contributed by atoms with Crippen molar-refractivity contribution in [2.45, 2.75) is 6.61 Å². The predicted molar refractivity (Wildman–Crippen MR) is 51.6 cm³/mol. The van der Waals surface area contributed by atoms with Crippen LogP contribution >= 0.6 is 0 Å². The van der Waals surface area contributed by atoms with E-state index in [1.807, 2.05) is 0 Å². The SMILES string of the molecule is Nc1oncc1COc1ccc(F)cc1. The van der Waals surface area contributed by atoms with Crippen molar-refractivity contribution in [1.29, 1.82) is 0 Å². The number of hydrogen-bond donors (Lipinski definition) is 1. The molecule has 2 rings (SSSR count). The van der Waals surface area contributed by atoms with Crippen molar-refractivity contribution < 1.29 is 13.7 Å². The number of halogens is 1. The molecule has 0 aliphatic heterocycles. The van der Waals surface area contributed by atoms with E-state index in [9.17, 15) is 4.39 Å². The van der Waals surface area contributed by atoms with Crippen molar-refractivity contribution in [3.8, 4) is 5.75 Å². The molecule has 1 heterocycles. The van der Waals surface area contributed by atoms with Gasteiger partial charge in [0.15, 0.2) is 0 Å². The van der Waals surface area contributed by atoms with Gasteiger partial charge in [0, 0.05) is 0 Å². The highest BCUT2D eigenvalue weighted by molar-refractivity contribution is 5.33. The molecule has 5 heteroatoms. The fourth-order valence-corrected chi connectivity index (χ4v) is 1.07. The molecule has 1 aromatic heterocycles. The van der Waals surface area contributed by atoms with Gasteiger partial charge in [-0.15, -0.1) is 0 Å². The second-order valence-corrected chi connectivity index (χ2v) is 2.96. The number of nitrogen functional groups attached to an aromatic ring is 1. The molecule has 0 fully saturated rings. The molecular formula is C10H9FN2O2. The molecule has 0 bridgehead atoms. The van der Waals surface area contributed by atoms with Gasteiger partial charge in [-0.1, -0.05) is 5.16 Å². The van der Waals surface area contributed by atoms with Crippen LogP contribution in [-0.2, 0) is 6.61 Å². The van der Waals surface area contributed by atoms with Gasteiger partial charge >= 0.3 is 0 Å². The molecule has 78 valence electrons. The summed E-state index contributed by atoms with van der Waals surface area (Å²) in [5.41, 5.74) is 6.13. The van der Waals surface area contributed by atoms with E-state index in [4.69, 9.17) is 10.5 Å². The first kappa shape index (κ1) is 9.51. The smallest absolute Gasteiger partial charge is 0.228 e. The lowest BCUT2D eigenvalue weighted by Crippen LogP contribution is -1.97. The van der Waals surface area contributed by atoms with Crippen molar-refractivity contribution in [2.24, 2.45) is 0 Å². The topological polar surface area (TPSA) is 61.3 Å². The van der Waals surface area contributed by atoms with E-state index in [1.165, 1.54) is 18.3 Å². The molecule has 2 N–H and O–H groups in total. The fraction of sp³-hybridized carbons (Fsp3) is 0.100. The Morgan fingerprint density at radius 1 is 1.33 bits per heavy atom. The average molecular weight is 208 g/mol. The van der Waals surface area contributed by atoms with E-state index < -0.39 is 0 Å². The molecule has 0 saturated heterocycles. The van der Waals surface area contributed by atoms with Gasteiger partial charge in [0.05, 0.1) is 11.8 Å². The third-order valence-electron chi connectivity index (χ3n) is 1.88. The van der Waals surface area contributed by atoms with Crippen LogP contribution in [0.2, 0.25) is 0 Å². The van der Waals surface area contributed by atoms with Crippen LogP contribution in [0.15, 0.2) is 35.0 Å². The largest absolute Gasteiger partial charge is 0.489 e. The van der Waals surface area contributed by atoms with Crippen LogP contribution in [0.3, 0.4) is 0 Å². The summed E-state index contributed by atoms with van der Waals surface area (Å²) in [6.07, 6.45) is 1.48. The first-order valence-corrected chi connectivity index (χ1v) is 4.33. The standard InChI is InChI=1S/C10H9FN2O2/c11-8-1-3-9(4-2-8)14-6-7-5-13-15-10(7)12/h1-5H,6,12H2. The molecule has 0 spiro atoms. The Bertz CT molecular complexity index is 439. The molecule has 0 radical (unpaired) electrons. The number of nitrogens with zero attached hydrogens (tertiary/aromatic N) is 1. The Morgan fingerprint density at radius 3 is 2.67 bits per heavy atom. The zero-order valence-electron chi connectivity index (χ0n) is 7.81. The van der Waals surface area contributed by atoms with Gasteiger partial charge in [-0.25, -0.2) is 4.39 Å². The summed E-state index contributed by atoms with van der Waals surface area (Å²) >= 11 is 0. The lowest BCUT2D eigenvalue weighted by molar-refractivity contribution is 0.305. The van der Waals surface area contributed by atoms with Crippen LogP contribution in [0.25, 0.3) is 0 Å². The van der Waals surface area contributed by atoms with Crippen LogP contribution in [0, 0.1) is 5.82 Å². The minimum absolute atomic E-state index is 0.233. The monoisotopic (exact) mass is 208 g/mol. The number of rotatable bonds is 3. The van der Waals surface area contributed by atoms with E-state index in [0.717, 1.165) is 0 Å². The van der Waals surface area contributed by atoms with Gasteiger partial charge in [0.1, 0.15) is 18.2 Å². The van der Waals surface area contributed by atoms with Gasteiger partial charge in [0.2, 0.25) is 5.88 Å². The molecule has 0 saturated carbocycles. The minimum Gasteiger partial charge on any atom is -0.489 e. The Balaban J connectivity index is 1.99. The summed E-state index contributed by atoms with van der Waals surface area (Å²) in [7, 11) is 0. The lowest BCUT2D eigenvalue weighted by Gasteiger charge is -2.03. The van der Waals surface area contributed by atoms with Crippen molar-refractivity contribution in [3.63, 3.8) is 0 Å². The second-order valence-electron chi connectivity index (χ2n) is 2.96. The van der Waals surface area contributed by atoms with Crippen LogP contribution in [-0.4, -0.2) is 5.16 Å². The molecule has 15 heavy (non-hydrogen) atoms. The van der Waals surface area contributed by atoms with Gasteiger partial charge in [-0.05, 0) is 24.3 Å². The van der Waals surface area contributed by atoms with Crippen LogP contribution in [0.4, 0.5) is 10.3 Å². The summed E-state index contributed by atoms with van der Waals surface area (Å²) in [6, 6.07) is 5.73. The second kappa shape index (κ2) is 4.00. The Kier molecular flexibility index (Phi) is 2.53. The van der Waals surface area contributed by atoms with E-state index in [2.05, 4.69) is 9.68 Å². The summed E-state index contributed by atoms with van der Waals surface area (Å²) in [5, 5.41) is 3.51. The number of benzene rings is 1. The number of nitrogens with two attached hydrogens (primary N) is 1. The lowest BCUT2D eigenvalue weighted by atomic mass is 10.3. The molecule has 2 aromatic rings. The molecular weight excluding hydrogens is 199 g/mol. The van der Waals surface area contributed by atoms with Gasteiger partial charge < -0.3 is 15.0 Å². The number of aromatic nitrogens is 1. The first-order chi connectivity index (χ1) is 7.25. The highest BCUT2D eigenvalue weighted by Gasteiger charge is 2.04. The Labute approximate surface area is 85.4 Å². The van der Waals surface area contributed by atoms with Crippen molar-refractivity contribution in [2.75, 3.05) is 5.73 Å². The molecule has 0 atom stereocenters. The number of ether oxygens (including phenoxy) is 1. The van der Waals surface area contributed by atoms with Gasteiger partial charge in [-0.2, -0.15) is 0 Å². The maximum absolute atomic E-state index is 12.6. The van der Waals surface area contributed by atoms with Gasteiger partial charge in [0.25, 0.3) is 0 Å².